The lowest BCUT2D eigenvalue weighted by molar-refractivity contribution is 0.100. The molecule has 0 saturated carbocycles. The van der Waals surface area contributed by atoms with Gasteiger partial charge in [0.2, 0.25) is 5.91 Å². The summed E-state index contributed by atoms with van der Waals surface area (Å²) in [4.78, 5) is 11.0. The highest BCUT2D eigenvalue weighted by molar-refractivity contribution is 9.10. The Kier molecular flexibility index (Phi) is 3.50. The lowest BCUT2D eigenvalue weighted by Gasteiger charge is -2.06. The van der Waals surface area contributed by atoms with Gasteiger partial charge in [0.15, 0.2) is 0 Å². The number of carbonyl (C=O) groups is 1. The second kappa shape index (κ2) is 4.90. The van der Waals surface area contributed by atoms with Gasteiger partial charge in [-0.15, -0.1) is 0 Å². The van der Waals surface area contributed by atoms with Gasteiger partial charge in [0.05, 0.1) is 0 Å². The number of hydrogen-bond donors (Lipinski definition) is 1. The zero-order chi connectivity index (χ0) is 12.4. The van der Waals surface area contributed by atoms with Crippen LogP contribution in [0.15, 0.2) is 46.9 Å². The molecular formula is C13H9BrClNO. The molecule has 4 heteroatoms. The summed E-state index contributed by atoms with van der Waals surface area (Å²) in [5.74, 6) is -0.479. The number of rotatable bonds is 2. The number of carbonyl (C=O) groups excluding carboxylic acids is 1. The molecule has 2 aromatic carbocycles. The standard InChI is InChI=1S/C13H9BrClNO/c14-10-3-1-2-8(6-10)11-5-4-9(13(16)17)7-12(11)15/h1-7H,(H2,16,17). The number of nitrogens with two attached hydrogens (primary N) is 1. The fraction of sp³-hybridized carbons (Fsp3) is 0. The zero-order valence-electron chi connectivity index (χ0n) is 8.78. The molecule has 0 bridgehead atoms. The van der Waals surface area contributed by atoms with Gasteiger partial charge in [0, 0.05) is 20.6 Å². The van der Waals surface area contributed by atoms with Gasteiger partial charge in [0.25, 0.3) is 0 Å². The topological polar surface area (TPSA) is 43.1 Å². The van der Waals surface area contributed by atoms with Gasteiger partial charge in [-0.25, -0.2) is 0 Å². The quantitative estimate of drug-likeness (QED) is 0.899. The highest BCUT2D eigenvalue weighted by Gasteiger charge is 2.07. The molecule has 0 aliphatic heterocycles. The van der Waals surface area contributed by atoms with Crippen molar-refractivity contribution in [3.05, 3.63) is 57.5 Å². The number of benzene rings is 2. The Bertz CT molecular complexity index is 583. The van der Waals surface area contributed by atoms with Crippen LogP contribution >= 0.6 is 27.5 Å². The monoisotopic (exact) mass is 309 g/mol. The normalized spacial score (nSPS) is 10.2. The van der Waals surface area contributed by atoms with E-state index in [9.17, 15) is 4.79 Å². The Labute approximate surface area is 113 Å². The van der Waals surface area contributed by atoms with Crippen LogP contribution in [0.5, 0.6) is 0 Å². The van der Waals surface area contributed by atoms with Gasteiger partial charge in [-0.05, 0) is 29.8 Å². The molecule has 1 amide bonds. The van der Waals surface area contributed by atoms with E-state index < -0.39 is 5.91 Å². The minimum absolute atomic E-state index is 0.411. The maximum absolute atomic E-state index is 11.0. The Morgan fingerprint density at radius 2 is 1.94 bits per heavy atom. The number of halogens is 2. The summed E-state index contributed by atoms with van der Waals surface area (Å²) in [5.41, 5.74) is 7.46. The fourth-order valence-electron chi connectivity index (χ4n) is 1.56. The van der Waals surface area contributed by atoms with Crippen LogP contribution in [-0.2, 0) is 0 Å². The minimum Gasteiger partial charge on any atom is -0.366 e. The highest BCUT2D eigenvalue weighted by atomic mass is 79.9. The maximum atomic E-state index is 11.0. The number of hydrogen-bond acceptors (Lipinski definition) is 1. The summed E-state index contributed by atoms with van der Waals surface area (Å²) < 4.78 is 0.977. The van der Waals surface area contributed by atoms with Gasteiger partial charge >= 0.3 is 0 Å². The summed E-state index contributed by atoms with van der Waals surface area (Å²) in [7, 11) is 0. The molecule has 17 heavy (non-hydrogen) atoms. The molecule has 0 aromatic heterocycles. The predicted molar refractivity (Wildman–Crippen MR) is 73.1 cm³/mol. The van der Waals surface area contributed by atoms with Crippen LogP contribution in [0.4, 0.5) is 0 Å². The van der Waals surface area contributed by atoms with E-state index in [-0.39, 0.29) is 0 Å². The average molecular weight is 311 g/mol. The van der Waals surface area contributed by atoms with E-state index in [1.807, 2.05) is 24.3 Å². The van der Waals surface area contributed by atoms with E-state index in [2.05, 4.69) is 15.9 Å². The second-order valence-corrected chi connectivity index (χ2v) is 4.89. The zero-order valence-corrected chi connectivity index (χ0v) is 11.1. The first-order valence-corrected chi connectivity index (χ1v) is 6.10. The molecule has 0 atom stereocenters. The van der Waals surface area contributed by atoms with E-state index >= 15 is 0 Å². The Balaban J connectivity index is 2.50. The van der Waals surface area contributed by atoms with Crippen molar-refractivity contribution in [1.82, 2.24) is 0 Å². The summed E-state index contributed by atoms with van der Waals surface area (Å²) in [6.45, 7) is 0. The molecule has 0 fully saturated rings. The predicted octanol–water partition coefficient (Wildman–Crippen LogP) is 3.87. The molecule has 2 rings (SSSR count). The van der Waals surface area contributed by atoms with E-state index in [1.165, 1.54) is 0 Å². The first-order valence-electron chi connectivity index (χ1n) is 4.93. The van der Waals surface area contributed by atoms with Crippen LogP contribution in [-0.4, -0.2) is 5.91 Å². The van der Waals surface area contributed by atoms with E-state index in [0.717, 1.165) is 15.6 Å². The SMILES string of the molecule is NC(=O)c1ccc(-c2cccc(Br)c2)c(Cl)c1. The van der Waals surface area contributed by atoms with Crippen molar-refractivity contribution in [3.8, 4) is 11.1 Å². The van der Waals surface area contributed by atoms with Crippen molar-refractivity contribution in [2.45, 2.75) is 0 Å². The third-order valence-electron chi connectivity index (χ3n) is 2.39. The van der Waals surface area contributed by atoms with Crippen molar-refractivity contribution in [2.24, 2.45) is 5.73 Å². The van der Waals surface area contributed by atoms with E-state index in [1.54, 1.807) is 18.2 Å². The van der Waals surface area contributed by atoms with E-state index in [0.29, 0.717) is 10.6 Å². The van der Waals surface area contributed by atoms with Crippen LogP contribution in [0.2, 0.25) is 5.02 Å². The van der Waals surface area contributed by atoms with Gasteiger partial charge in [-0.2, -0.15) is 0 Å². The minimum atomic E-state index is -0.479. The fourth-order valence-corrected chi connectivity index (χ4v) is 2.25. The lowest BCUT2D eigenvalue weighted by Crippen LogP contribution is -2.10. The molecule has 2 nitrogen and oxygen atoms in total. The van der Waals surface area contributed by atoms with Crippen molar-refractivity contribution in [3.63, 3.8) is 0 Å². The Morgan fingerprint density at radius 1 is 1.18 bits per heavy atom. The number of primary amides is 1. The van der Waals surface area contributed by atoms with Crippen molar-refractivity contribution >= 4 is 33.4 Å². The van der Waals surface area contributed by atoms with Crippen LogP contribution in [0, 0.1) is 0 Å². The van der Waals surface area contributed by atoms with Crippen molar-refractivity contribution in [2.75, 3.05) is 0 Å². The van der Waals surface area contributed by atoms with Gasteiger partial charge in [-0.1, -0.05) is 45.7 Å². The molecule has 2 N–H and O–H groups in total. The van der Waals surface area contributed by atoms with Crippen LogP contribution in [0.3, 0.4) is 0 Å². The van der Waals surface area contributed by atoms with Crippen LogP contribution in [0.25, 0.3) is 11.1 Å². The molecule has 0 saturated heterocycles. The third kappa shape index (κ3) is 2.68. The molecule has 0 spiro atoms. The van der Waals surface area contributed by atoms with Crippen molar-refractivity contribution < 1.29 is 4.79 Å². The first-order chi connectivity index (χ1) is 8.08. The van der Waals surface area contributed by atoms with Gasteiger partial charge in [0.1, 0.15) is 0 Å². The van der Waals surface area contributed by atoms with Gasteiger partial charge in [-0.3, -0.25) is 4.79 Å². The number of amides is 1. The molecule has 0 heterocycles. The Hall–Kier alpha value is -1.32. The summed E-state index contributed by atoms with van der Waals surface area (Å²) in [6, 6.07) is 12.8. The Morgan fingerprint density at radius 3 is 2.53 bits per heavy atom. The largest absolute Gasteiger partial charge is 0.366 e. The molecule has 86 valence electrons. The lowest BCUT2D eigenvalue weighted by atomic mass is 10.0. The molecule has 0 aliphatic rings. The third-order valence-corrected chi connectivity index (χ3v) is 3.20. The van der Waals surface area contributed by atoms with Crippen LogP contribution in [0.1, 0.15) is 10.4 Å². The molecular weight excluding hydrogens is 302 g/mol. The molecule has 2 aromatic rings. The smallest absolute Gasteiger partial charge is 0.248 e. The summed E-state index contributed by atoms with van der Waals surface area (Å²) in [5, 5.41) is 0.513. The van der Waals surface area contributed by atoms with Crippen LogP contribution < -0.4 is 5.73 Å². The highest BCUT2D eigenvalue weighted by Crippen LogP contribution is 2.30. The maximum Gasteiger partial charge on any atom is 0.248 e. The van der Waals surface area contributed by atoms with Gasteiger partial charge < -0.3 is 5.73 Å². The molecule has 0 radical (unpaired) electrons. The average Bonchev–Trinajstić information content (AvgIpc) is 2.28. The molecule has 0 aliphatic carbocycles. The summed E-state index contributed by atoms with van der Waals surface area (Å²) >= 11 is 9.54. The van der Waals surface area contributed by atoms with Crippen molar-refractivity contribution in [1.29, 1.82) is 0 Å². The van der Waals surface area contributed by atoms with E-state index in [4.69, 9.17) is 17.3 Å². The second-order valence-electron chi connectivity index (χ2n) is 3.57. The molecule has 0 unspecified atom stereocenters. The first kappa shape index (κ1) is 12.1. The summed E-state index contributed by atoms with van der Waals surface area (Å²) in [6.07, 6.45) is 0.